The molecule has 3 heteroatoms. The first-order valence-electron chi connectivity index (χ1n) is 5.22. The van der Waals surface area contributed by atoms with Crippen molar-refractivity contribution in [2.24, 2.45) is 0 Å². The molecule has 86 valence electrons. The predicted molar refractivity (Wildman–Crippen MR) is 61.6 cm³/mol. The third-order valence-corrected chi connectivity index (χ3v) is 1.92. The van der Waals surface area contributed by atoms with Crippen molar-refractivity contribution in [1.29, 1.82) is 0 Å². The number of rotatable bonds is 5. The average Bonchev–Trinajstić information content (AvgIpc) is 2.34. The lowest BCUT2D eigenvalue weighted by Crippen LogP contribution is -2.07. The Kier molecular flexibility index (Phi) is 6.28. The molecule has 3 nitrogen and oxygen atoms in total. The largest absolute Gasteiger partial charge is 0.393 e. The van der Waals surface area contributed by atoms with Gasteiger partial charge in [0.2, 0.25) is 0 Å². The molecule has 1 aromatic rings. The zero-order valence-corrected chi connectivity index (χ0v) is 9.10. The summed E-state index contributed by atoms with van der Waals surface area (Å²) in [6, 6.07) is 9.90. The second kappa shape index (κ2) is 7.89. The summed E-state index contributed by atoms with van der Waals surface area (Å²) in [4.78, 5) is 0. The van der Waals surface area contributed by atoms with E-state index in [1.165, 1.54) is 0 Å². The fourth-order valence-electron chi connectivity index (χ4n) is 1.12. The number of ether oxygens (including phenoxy) is 1. The number of hydrogen-bond donors (Lipinski definition) is 2. The fourth-order valence-corrected chi connectivity index (χ4v) is 1.12. The predicted octanol–water partition coefficient (Wildman–Crippen LogP) is 0.950. The highest BCUT2D eigenvalue weighted by Gasteiger charge is 1.93. The van der Waals surface area contributed by atoms with Crippen molar-refractivity contribution < 1.29 is 14.9 Å². The molecule has 0 fully saturated rings. The van der Waals surface area contributed by atoms with E-state index in [9.17, 15) is 0 Å². The first-order chi connectivity index (χ1) is 7.83. The Balaban J connectivity index is 2.10. The fraction of sp³-hybridized carbons (Fsp3) is 0.385. The summed E-state index contributed by atoms with van der Waals surface area (Å²) < 4.78 is 5.39. The summed E-state index contributed by atoms with van der Waals surface area (Å²) in [5, 5.41) is 17.4. The maximum atomic E-state index is 8.93. The van der Waals surface area contributed by atoms with Crippen LogP contribution in [0.3, 0.4) is 0 Å². The maximum Gasteiger partial charge on any atom is 0.137 e. The summed E-state index contributed by atoms with van der Waals surface area (Å²) in [5.74, 6) is 5.24. The van der Waals surface area contributed by atoms with Gasteiger partial charge in [0.15, 0.2) is 0 Å². The summed E-state index contributed by atoms with van der Waals surface area (Å²) >= 11 is 0. The number of aliphatic hydroxyl groups is 2. The molecular weight excluding hydrogens is 204 g/mol. The van der Waals surface area contributed by atoms with E-state index in [2.05, 4.69) is 11.8 Å². The van der Waals surface area contributed by atoms with E-state index in [-0.39, 0.29) is 6.61 Å². The Hall–Kier alpha value is -1.34. The van der Waals surface area contributed by atoms with Gasteiger partial charge in [-0.2, -0.15) is 0 Å². The van der Waals surface area contributed by atoms with Gasteiger partial charge in [0.25, 0.3) is 0 Å². The van der Waals surface area contributed by atoms with Crippen molar-refractivity contribution in [3.63, 3.8) is 0 Å². The Bertz CT molecular complexity index is 337. The quantitative estimate of drug-likeness (QED) is 0.574. The van der Waals surface area contributed by atoms with Crippen molar-refractivity contribution in [2.45, 2.75) is 19.1 Å². The van der Waals surface area contributed by atoms with Crippen LogP contribution in [0.5, 0.6) is 0 Å². The van der Waals surface area contributed by atoms with Gasteiger partial charge in [0.05, 0.1) is 19.8 Å². The van der Waals surface area contributed by atoms with Crippen molar-refractivity contribution in [2.75, 3.05) is 13.2 Å². The normalized spacial score (nSPS) is 11.6. The van der Waals surface area contributed by atoms with Crippen LogP contribution in [-0.2, 0) is 11.3 Å². The van der Waals surface area contributed by atoms with Crippen molar-refractivity contribution in [1.82, 2.24) is 0 Å². The molecule has 0 bridgehead atoms. The zero-order valence-electron chi connectivity index (χ0n) is 9.10. The second-order valence-corrected chi connectivity index (χ2v) is 3.31. The molecule has 16 heavy (non-hydrogen) atoms. The van der Waals surface area contributed by atoms with Gasteiger partial charge in [-0.1, -0.05) is 42.2 Å². The van der Waals surface area contributed by atoms with Crippen molar-refractivity contribution >= 4 is 0 Å². The average molecular weight is 220 g/mol. The van der Waals surface area contributed by atoms with Gasteiger partial charge in [-0.05, 0) is 5.56 Å². The minimum absolute atomic E-state index is 0.322. The molecule has 1 atom stereocenters. The van der Waals surface area contributed by atoms with Crippen LogP contribution in [0, 0.1) is 11.8 Å². The molecular formula is C13H16O3. The Morgan fingerprint density at radius 3 is 2.69 bits per heavy atom. The first-order valence-corrected chi connectivity index (χ1v) is 5.22. The lowest BCUT2D eigenvalue weighted by atomic mass is 10.2. The van der Waals surface area contributed by atoms with Gasteiger partial charge < -0.3 is 14.9 Å². The number of benzene rings is 1. The minimum atomic E-state index is -0.936. The molecule has 1 rings (SSSR count). The monoisotopic (exact) mass is 220 g/mol. The standard InChI is InChI=1S/C13H16O3/c14-10-13(15)8-4-5-9-16-11-12-6-2-1-3-7-12/h1-3,6-7,13-15H,5,9-11H2. The molecule has 0 saturated carbocycles. The summed E-state index contributed by atoms with van der Waals surface area (Å²) in [6.45, 7) is 0.781. The van der Waals surface area contributed by atoms with E-state index < -0.39 is 6.10 Å². The smallest absolute Gasteiger partial charge is 0.137 e. The molecule has 0 amide bonds. The van der Waals surface area contributed by atoms with Crippen molar-refractivity contribution in [3.05, 3.63) is 35.9 Å². The lowest BCUT2D eigenvalue weighted by molar-refractivity contribution is 0.126. The Morgan fingerprint density at radius 2 is 2.00 bits per heavy atom. The van der Waals surface area contributed by atoms with Crippen LogP contribution < -0.4 is 0 Å². The van der Waals surface area contributed by atoms with Gasteiger partial charge in [-0.25, -0.2) is 0 Å². The van der Waals surface area contributed by atoms with Crippen LogP contribution in [0.25, 0.3) is 0 Å². The van der Waals surface area contributed by atoms with E-state index >= 15 is 0 Å². The third-order valence-electron chi connectivity index (χ3n) is 1.92. The first kappa shape index (κ1) is 12.7. The van der Waals surface area contributed by atoms with Gasteiger partial charge in [-0.3, -0.25) is 0 Å². The minimum Gasteiger partial charge on any atom is -0.393 e. The Morgan fingerprint density at radius 1 is 1.25 bits per heavy atom. The van der Waals surface area contributed by atoms with Crippen LogP contribution in [0.2, 0.25) is 0 Å². The molecule has 0 aromatic heterocycles. The van der Waals surface area contributed by atoms with Crippen LogP contribution in [0.1, 0.15) is 12.0 Å². The van der Waals surface area contributed by atoms with Gasteiger partial charge >= 0.3 is 0 Å². The highest BCUT2D eigenvalue weighted by Crippen LogP contribution is 2.00. The van der Waals surface area contributed by atoms with E-state index in [0.29, 0.717) is 19.6 Å². The molecule has 0 heterocycles. The highest BCUT2D eigenvalue weighted by molar-refractivity contribution is 5.13. The molecule has 2 N–H and O–H groups in total. The van der Waals surface area contributed by atoms with Crippen molar-refractivity contribution in [3.8, 4) is 11.8 Å². The molecule has 0 aliphatic heterocycles. The molecule has 0 radical (unpaired) electrons. The number of hydrogen-bond acceptors (Lipinski definition) is 3. The van der Waals surface area contributed by atoms with Crippen LogP contribution in [0.15, 0.2) is 30.3 Å². The molecule has 0 aliphatic rings. The van der Waals surface area contributed by atoms with Crippen LogP contribution in [-0.4, -0.2) is 29.5 Å². The maximum absolute atomic E-state index is 8.93. The molecule has 1 unspecified atom stereocenters. The summed E-state index contributed by atoms with van der Waals surface area (Å²) in [5.41, 5.74) is 1.13. The summed E-state index contributed by atoms with van der Waals surface area (Å²) in [7, 11) is 0. The van der Waals surface area contributed by atoms with E-state index in [0.717, 1.165) is 5.56 Å². The van der Waals surface area contributed by atoms with E-state index in [4.69, 9.17) is 14.9 Å². The highest BCUT2D eigenvalue weighted by atomic mass is 16.5. The summed E-state index contributed by atoms with van der Waals surface area (Å²) in [6.07, 6.45) is -0.377. The van der Waals surface area contributed by atoms with Crippen LogP contribution in [0.4, 0.5) is 0 Å². The van der Waals surface area contributed by atoms with E-state index in [1.54, 1.807) is 0 Å². The second-order valence-electron chi connectivity index (χ2n) is 3.31. The topological polar surface area (TPSA) is 49.7 Å². The van der Waals surface area contributed by atoms with Gasteiger partial charge in [0, 0.05) is 6.42 Å². The van der Waals surface area contributed by atoms with Gasteiger partial charge in [0.1, 0.15) is 6.10 Å². The Labute approximate surface area is 95.7 Å². The third kappa shape index (κ3) is 5.52. The van der Waals surface area contributed by atoms with Crippen LogP contribution >= 0.6 is 0 Å². The molecule has 0 spiro atoms. The zero-order chi connectivity index (χ0) is 11.6. The molecule has 0 saturated heterocycles. The number of aliphatic hydroxyl groups excluding tert-OH is 2. The van der Waals surface area contributed by atoms with Gasteiger partial charge in [-0.15, -0.1) is 0 Å². The lowest BCUT2D eigenvalue weighted by Gasteiger charge is -2.01. The SMILES string of the molecule is OCC(O)C#CCCOCc1ccccc1. The molecule has 1 aromatic carbocycles. The molecule has 0 aliphatic carbocycles. The van der Waals surface area contributed by atoms with E-state index in [1.807, 2.05) is 30.3 Å².